The average Bonchev–Trinajstić information content (AvgIpc) is 3.67. The van der Waals surface area contributed by atoms with Gasteiger partial charge < -0.3 is 23.8 Å². The van der Waals surface area contributed by atoms with Gasteiger partial charge in [0.1, 0.15) is 11.5 Å². The fraction of sp³-hybridized carbons (Fsp3) is 0.581. The zero-order valence-electron chi connectivity index (χ0n) is 23.7. The number of rotatable bonds is 12. The number of fused-ring (bicyclic) bond motifs is 1. The molecule has 0 N–H and O–H groups in total. The topological polar surface area (TPSA) is 57.5 Å². The predicted octanol–water partition coefficient (Wildman–Crippen LogP) is 6.15. The summed E-state index contributed by atoms with van der Waals surface area (Å²) in [5.74, 6) is 2.96. The molecule has 0 atom stereocenters. The second kappa shape index (κ2) is 12.0. The molecule has 1 aliphatic heterocycles. The zero-order chi connectivity index (χ0) is 26.6. The molecule has 2 aromatic heterocycles. The molecule has 0 unspecified atom stereocenters. The van der Waals surface area contributed by atoms with Gasteiger partial charge in [-0.3, -0.25) is 0 Å². The number of benzene rings is 1. The van der Waals surface area contributed by atoms with Gasteiger partial charge in [0.2, 0.25) is 0 Å². The largest absolute Gasteiger partial charge is 0.496 e. The van der Waals surface area contributed by atoms with Gasteiger partial charge in [0.15, 0.2) is 0 Å². The molecule has 2 aliphatic rings. The monoisotopic (exact) mass is 521 g/mol. The maximum absolute atomic E-state index is 5.91. The van der Waals surface area contributed by atoms with Crippen LogP contribution in [-0.2, 0) is 22.5 Å². The number of ether oxygens (including phenoxy) is 4. The van der Waals surface area contributed by atoms with Crippen LogP contribution in [0.25, 0.3) is 16.8 Å². The van der Waals surface area contributed by atoms with Crippen molar-refractivity contribution in [3.63, 3.8) is 0 Å². The minimum absolute atomic E-state index is 0.148. The molecule has 0 amide bonds. The van der Waals surface area contributed by atoms with Crippen LogP contribution >= 0.6 is 0 Å². The van der Waals surface area contributed by atoms with E-state index in [0.717, 1.165) is 91.0 Å². The molecule has 206 valence electrons. The van der Waals surface area contributed by atoms with Crippen LogP contribution in [0.3, 0.4) is 0 Å². The maximum atomic E-state index is 5.91. The van der Waals surface area contributed by atoms with Gasteiger partial charge in [-0.25, -0.2) is 4.52 Å². The van der Waals surface area contributed by atoms with Crippen molar-refractivity contribution in [3.05, 3.63) is 41.6 Å². The SMILES string of the molecule is CCc1nn2c(-c3c(OC)cc(COC(C)C)cc3OC)cccc2c1N(CC1CCOCC1)CC1CC1. The third-order valence-corrected chi connectivity index (χ3v) is 7.75. The summed E-state index contributed by atoms with van der Waals surface area (Å²) in [6.45, 7) is 10.7. The lowest BCUT2D eigenvalue weighted by Crippen LogP contribution is -2.34. The Morgan fingerprint density at radius 2 is 1.66 bits per heavy atom. The van der Waals surface area contributed by atoms with Crippen LogP contribution in [0.4, 0.5) is 5.69 Å². The molecule has 1 aliphatic carbocycles. The molecule has 0 radical (unpaired) electrons. The maximum Gasteiger partial charge on any atom is 0.132 e. The van der Waals surface area contributed by atoms with Gasteiger partial charge >= 0.3 is 0 Å². The lowest BCUT2D eigenvalue weighted by atomic mass is 9.99. The van der Waals surface area contributed by atoms with E-state index in [2.05, 4.69) is 46.7 Å². The number of hydrogen-bond donors (Lipinski definition) is 0. The summed E-state index contributed by atoms with van der Waals surface area (Å²) in [5.41, 5.74) is 6.46. The van der Waals surface area contributed by atoms with Crippen LogP contribution in [0.5, 0.6) is 11.5 Å². The van der Waals surface area contributed by atoms with Gasteiger partial charge in [-0.05, 0) is 87.6 Å². The third-order valence-electron chi connectivity index (χ3n) is 7.75. The number of nitrogens with zero attached hydrogens (tertiary/aromatic N) is 3. The number of pyridine rings is 1. The van der Waals surface area contributed by atoms with E-state index in [4.69, 9.17) is 24.0 Å². The summed E-state index contributed by atoms with van der Waals surface area (Å²) in [5, 5.41) is 5.20. The van der Waals surface area contributed by atoms with E-state index in [9.17, 15) is 0 Å². The molecule has 5 rings (SSSR count). The molecule has 38 heavy (non-hydrogen) atoms. The zero-order valence-corrected chi connectivity index (χ0v) is 23.7. The predicted molar refractivity (Wildman–Crippen MR) is 152 cm³/mol. The molecular weight excluding hydrogens is 478 g/mol. The molecule has 3 heterocycles. The molecule has 0 bridgehead atoms. The highest BCUT2D eigenvalue weighted by Crippen LogP contribution is 2.42. The minimum atomic E-state index is 0.148. The Bertz CT molecular complexity index is 1200. The summed E-state index contributed by atoms with van der Waals surface area (Å²) >= 11 is 0. The number of anilines is 1. The molecule has 3 aromatic rings. The summed E-state index contributed by atoms with van der Waals surface area (Å²) in [7, 11) is 3.42. The van der Waals surface area contributed by atoms with Crippen molar-refractivity contribution in [2.75, 3.05) is 45.4 Å². The van der Waals surface area contributed by atoms with E-state index in [1.807, 2.05) is 13.8 Å². The first-order chi connectivity index (χ1) is 18.5. The van der Waals surface area contributed by atoms with Crippen LogP contribution in [0.1, 0.15) is 57.7 Å². The molecule has 2 fully saturated rings. The number of aromatic nitrogens is 2. The third kappa shape index (κ3) is 5.79. The molecule has 7 nitrogen and oxygen atoms in total. The van der Waals surface area contributed by atoms with Crippen molar-refractivity contribution in [2.45, 2.75) is 65.6 Å². The standard InChI is InChI=1S/C31H43N3O4/c1-6-25-31(33(18-22-10-11-22)19-23-12-14-37-15-13-23)27-9-7-8-26(34(27)32-25)30-28(35-4)16-24(17-29(30)36-5)20-38-21(2)3/h7-9,16-17,21-23H,6,10-15,18-20H2,1-5H3. The van der Waals surface area contributed by atoms with Gasteiger partial charge in [-0.15, -0.1) is 0 Å². The first-order valence-corrected chi connectivity index (χ1v) is 14.2. The summed E-state index contributed by atoms with van der Waals surface area (Å²) in [6, 6.07) is 10.5. The van der Waals surface area contributed by atoms with Crippen molar-refractivity contribution in [2.24, 2.45) is 11.8 Å². The van der Waals surface area contributed by atoms with Crippen molar-refractivity contribution >= 4 is 11.2 Å². The van der Waals surface area contributed by atoms with Gasteiger partial charge in [-0.1, -0.05) is 13.0 Å². The van der Waals surface area contributed by atoms with Crippen LogP contribution in [0.2, 0.25) is 0 Å². The molecule has 1 saturated heterocycles. The normalized spacial score (nSPS) is 16.4. The Hall–Kier alpha value is -2.77. The van der Waals surface area contributed by atoms with E-state index < -0.39 is 0 Å². The molecule has 0 spiro atoms. The van der Waals surface area contributed by atoms with Crippen molar-refractivity contribution in [1.29, 1.82) is 0 Å². The van der Waals surface area contributed by atoms with E-state index in [1.54, 1.807) is 14.2 Å². The van der Waals surface area contributed by atoms with Crippen molar-refractivity contribution in [3.8, 4) is 22.8 Å². The number of aryl methyl sites for hydroxylation is 1. The van der Waals surface area contributed by atoms with Crippen LogP contribution < -0.4 is 14.4 Å². The Balaban J connectivity index is 1.59. The fourth-order valence-electron chi connectivity index (χ4n) is 5.55. The number of hydrogen-bond acceptors (Lipinski definition) is 6. The average molecular weight is 522 g/mol. The van der Waals surface area contributed by atoms with E-state index >= 15 is 0 Å². The highest BCUT2D eigenvalue weighted by molar-refractivity contribution is 5.82. The van der Waals surface area contributed by atoms with E-state index in [0.29, 0.717) is 12.5 Å². The van der Waals surface area contributed by atoms with Gasteiger partial charge in [0.05, 0.1) is 55.1 Å². The minimum Gasteiger partial charge on any atom is -0.496 e. The first-order valence-electron chi connectivity index (χ1n) is 14.2. The molecule has 7 heteroatoms. The Morgan fingerprint density at radius 3 is 2.24 bits per heavy atom. The summed E-state index contributed by atoms with van der Waals surface area (Å²) < 4.78 is 25.4. The summed E-state index contributed by atoms with van der Waals surface area (Å²) in [6.07, 6.45) is 5.96. The second-order valence-electron chi connectivity index (χ2n) is 11.0. The quantitative estimate of drug-likeness (QED) is 0.285. The Morgan fingerprint density at radius 1 is 1.00 bits per heavy atom. The lowest BCUT2D eigenvalue weighted by molar-refractivity contribution is 0.0655. The Labute approximate surface area is 227 Å². The van der Waals surface area contributed by atoms with Gasteiger partial charge in [0.25, 0.3) is 0 Å². The Kier molecular flexibility index (Phi) is 8.44. The lowest BCUT2D eigenvalue weighted by Gasteiger charge is -2.31. The number of methoxy groups -OCH3 is 2. The summed E-state index contributed by atoms with van der Waals surface area (Å²) in [4.78, 5) is 2.64. The highest BCUT2D eigenvalue weighted by Gasteiger charge is 2.30. The first kappa shape index (κ1) is 26.8. The van der Waals surface area contributed by atoms with Gasteiger partial charge in [-0.2, -0.15) is 5.10 Å². The molecule has 1 aromatic carbocycles. The molecular formula is C31H43N3O4. The van der Waals surface area contributed by atoms with Crippen LogP contribution in [-0.4, -0.2) is 56.2 Å². The van der Waals surface area contributed by atoms with Crippen LogP contribution in [0.15, 0.2) is 30.3 Å². The second-order valence-corrected chi connectivity index (χ2v) is 11.0. The van der Waals surface area contributed by atoms with E-state index in [1.165, 1.54) is 18.5 Å². The smallest absolute Gasteiger partial charge is 0.132 e. The highest BCUT2D eigenvalue weighted by atomic mass is 16.5. The van der Waals surface area contributed by atoms with Crippen LogP contribution in [0, 0.1) is 11.8 Å². The van der Waals surface area contributed by atoms with Crippen molar-refractivity contribution in [1.82, 2.24) is 9.61 Å². The molecule has 1 saturated carbocycles. The van der Waals surface area contributed by atoms with Gasteiger partial charge in [0, 0.05) is 26.3 Å². The fourth-order valence-corrected chi connectivity index (χ4v) is 5.55. The van der Waals surface area contributed by atoms with Crippen molar-refractivity contribution < 1.29 is 18.9 Å². The van der Waals surface area contributed by atoms with E-state index in [-0.39, 0.29) is 6.10 Å².